The molecule has 1 heterocycles. The molecule has 1 saturated carbocycles. The van der Waals surface area contributed by atoms with Crippen LogP contribution in [0.1, 0.15) is 38.5 Å². The van der Waals surface area contributed by atoms with E-state index < -0.39 is 0 Å². The van der Waals surface area contributed by atoms with E-state index >= 15 is 0 Å². The van der Waals surface area contributed by atoms with Crippen LogP contribution in [0.5, 0.6) is 0 Å². The fraction of sp³-hybridized carbons (Fsp3) is 0.632. The molecule has 1 aliphatic carbocycles. The van der Waals surface area contributed by atoms with E-state index in [-0.39, 0.29) is 24.5 Å². The van der Waals surface area contributed by atoms with Crippen molar-refractivity contribution in [2.45, 2.75) is 50.6 Å². The molecule has 2 amide bonds. The van der Waals surface area contributed by atoms with Crippen LogP contribution in [0, 0.1) is 5.82 Å². The topological polar surface area (TPSA) is 55.8 Å². The van der Waals surface area contributed by atoms with Crippen LogP contribution in [0.15, 0.2) is 24.3 Å². The third-order valence-electron chi connectivity index (χ3n) is 4.98. The van der Waals surface area contributed by atoms with E-state index in [0.29, 0.717) is 19.1 Å². The van der Waals surface area contributed by atoms with Gasteiger partial charge in [0.25, 0.3) is 0 Å². The zero-order valence-corrected chi connectivity index (χ0v) is 14.7. The molecule has 0 aromatic heterocycles. The minimum Gasteiger partial charge on any atom is -0.396 e. The number of carbonyl (C=O) groups excluding carboxylic acids is 1. The van der Waals surface area contributed by atoms with Crippen LogP contribution >= 0.6 is 0 Å². The lowest BCUT2D eigenvalue weighted by Gasteiger charge is -2.36. The Hall–Kier alpha value is -1.82. The number of hydrogen-bond acceptors (Lipinski definition) is 3. The quantitative estimate of drug-likeness (QED) is 0.744. The Labute approximate surface area is 148 Å². The summed E-state index contributed by atoms with van der Waals surface area (Å²) in [7, 11) is 0. The molecule has 1 saturated heterocycles. The number of rotatable bonds is 7. The molecule has 0 radical (unpaired) electrons. The predicted octanol–water partition coefficient (Wildman–Crippen LogP) is 2.74. The highest BCUT2D eigenvalue weighted by Crippen LogP contribution is 2.27. The number of aliphatic hydroxyl groups is 1. The maximum absolute atomic E-state index is 13.5. The fourth-order valence-electron chi connectivity index (χ4n) is 3.49. The first-order valence-corrected chi connectivity index (χ1v) is 9.36. The van der Waals surface area contributed by atoms with Gasteiger partial charge in [-0.25, -0.2) is 9.18 Å². The number of hydrogen-bond donors (Lipinski definition) is 2. The van der Waals surface area contributed by atoms with Crippen molar-refractivity contribution in [1.29, 1.82) is 0 Å². The molecular weight excluding hydrogens is 321 g/mol. The summed E-state index contributed by atoms with van der Waals surface area (Å²) < 4.78 is 13.5. The number of piperidine rings is 1. The Morgan fingerprint density at radius 1 is 1.32 bits per heavy atom. The van der Waals surface area contributed by atoms with Gasteiger partial charge in [0.05, 0.1) is 0 Å². The molecule has 1 unspecified atom stereocenters. The second kappa shape index (κ2) is 8.52. The summed E-state index contributed by atoms with van der Waals surface area (Å²) in [6.45, 7) is 2.48. The van der Waals surface area contributed by atoms with Gasteiger partial charge >= 0.3 is 6.03 Å². The Bertz CT molecular complexity index is 580. The summed E-state index contributed by atoms with van der Waals surface area (Å²) in [6, 6.07) is 7.10. The first kappa shape index (κ1) is 18.0. The van der Waals surface area contributed by atoms with Crippen molar-refractivity contribution < 1.29 is 14.3 Å². The largest absolute Gasteiger partial charge is 0.396 e. The van der Waals surface area contributed by atoms with Gasteiger partial charge in [-0.05, 0) is 56.7 Å². The number of nitrogens with one attached hydrogen (secondary N) is 1. The van der Waals surface area contributed by atoms with Gasteiger partial charge < -0.3 is 20.2 Å². The molecule has 1 aromatic carbocycles. The van der Waals surface area contributed by atoms with Gasteiger partial charge in [-0.2, -0.15) is 0 Å². The Balaban J connectivity index is 1.55. The maximum atomic E-state index is 13.5. The van der Waals surface area contributed by atoms with Gasteiger partial charge in [0.2, 0.25) is 0 Å². The van der Waals surface area contributed by atoms with E-state index in [0.717, 1.165) is 50.8 Å². The van der Waals surface area contributed by atoms with Crippen LogP contribution < -0.4 is 10.2 Å². The summed E-state index contributed by atoms with van der Waals surface area (Å²) in [6.07, 6.45) is 5.65. The van der Waals surface area contributed by atoms with E-state index in [1.54, 1.807) is 12.1 Å². The molecule has 2 fully saturated rings. The summed E-state index contributed by atoms with van der Waals surface area (Å²) >= 11 is 0. The number of unbranched alkanes of at least 4 members (excludes halogenated alkanes) is 1. The van der Waals surface area contributed by atoms with Crippen LogP contribution in [0.25, 0.3) is 0 Å². The van der Waals surface area contributed by atoms with Gasteiger partial charge in [-0.1, -0.05) is 6.07 Å². The molecule has 1 atom stereocenters. The summed E-state index contributed by atoms with van der Waals surface area (Å²) in [4.78, 5) is 16.7. The summed E-state index contributed by atoms with van der Waals surface area (Å²) in [5.74, 6) is -0.229. The highest BCUT2D eigenvalue weighted by atomic mass is 19.1. The van der Waals surface area contributed by atoms with Gasteiger partial charge in [0, 0.05) is 44.0 Å². The molecular formula is C19H28FN3O2. The average molecular weight is 349 g/mol. The van der Waals surface area contributed by atoms with Crippen LogP contribution in [-0.2, 0) is 0 Å². The van der Waals surface area contributed by atoms with Crippen molar-refractivity contribution in [3.05, 3.63) is 30.1 Å². The van der Waals surface area contributed by atoms with E-state index in [1.165, 1.54) is 6.07 Å². The zero-order chi connectivity index (χ0) is 17.6. The monoisotopic (exact) mass is 349 g/mol. The molecule has 2 aliphatic rings. The lowest BCUT2D eigenvalue weighted by atomic mass is 10.0. The van der Waals surface area contributed by atoms with E-state index in [4.69, 9.17) is 5.11 Å². The molecule has 138 valence electrons. The standard InChI is InChI=1S/C19H28FN3O2/c20-15-5-3-7-18(13-15)22-10-4-6-16(14-22)21-19(25)23(17-8-9-17)11-1-2-12-24/h3,5,7,13,16-17,24H,1-2,4,6,8-12,14H2,(H,21,25). The Morgan fingerprint density at radius 3 is 2.88 bits per heavy atom. The normalized spacial score (nSPS) is 20.4. The number of benzene rings is 1. The minimum absolute atomic E-state index is 0.00605. The lowest BCUT2D eigenvalue weighted by molar-refractivity contribution is 0.185. The van der Waals surface area contributed by atoms with Crippen LogP contribution in [0.2, 0.25) is 0 Å². The first-order valence-electron chi connectivity index (χ1n) is 9.36. The number of aliphatic hydroxyl groups excluding tert-OH is 1. The second-order valence-corrected chi connectivity index (χ2v) is 7.07. The third kappa shape index (κ3) is 5.08. The maximum Gasteiger partial charge on any atom is 0.317 e. The number of halogens is 1. The first-order chi connectivity index (χ1) is 12.2. The van der Waals surface area contributed by atoms with Crippen LogP contribution in [-0.4, -0.2) is 54.4 Å². The summed E-state index contributed by atoms with van der Waals surface area (Å²) in [5, 5.41) is 12.1. The van der Waals surface area contributed by atoms with E-state index in [2.05, 4.69) is 10.2 Å². The molecule has 1 aliphatic heterocycles. The van der Waals surface area contributed by atoms with Gasteiger partial charge in [0.15, 0.2) is 0 Å². The van der Waals surface area contributed by atoms with Crippen molar-refractivity contribution in [1.82, 2.24) is 10.2 Å². The smallest absolute Gasteiger partial charge is 0.317 e. The summed E-state index contributed by atoms with van der Waals surface area (Å²) in [5.41, 5.74) is 0.876. The van der Waals surface area contributed by atoms with Crippen LogP contribution in [0.4, 0.5) is 14.9 Å². The van der Waals surface area contributed by atoms with Crippen molar-refractivity contribution in [3.63, 3.8) is 0 Å². The predicted molar refractivity (Wildman–Crippen MR) is 96.2 cm³/mol. The highest BCUT2D eigenvalue weighted by Gasteiger charge is 2.33. The number of anilines is 1. The lowest BCUT2D eigenvalue weighted by Crippen LogP contribution is -2.52. The van der Waals surface area contributed by atoms with Gasteiger partial charge in [-0.3, -0.25) is 0 Å². The van der Waals surface area contributed by atoms with Crippen molar-refractivity contribution >= 4 is 11.7 Å². The fourth-order valence-corrected chi connectivity index (χ4v) is 3.49. The zero-order valence-electron chi connectivity index (χ0n) is 14.7. The minimum atomic E-state index is -0.229. The molecule has 5 nitrogen and oxygen atoms in total. The molecule has 25 heavy (non-hydrogen) atoms. The van der Waals surface area contributed by atoms with Gasteiger partial charge in [-0.15, -0.1) is 0 Å². The molecule has 1 aromatic rings. The van der Waals surface area contributed by atoms with E-state index in [1.807, 2.05) is 11.0 Å². The third-order valence-corrected chi connectivity index (χ3v) is 4.98. The average Bonchev–Trinajstić information content (AvgIpc) is 3.44. The van der Waals surface area contributed by atoms with Gasteiger partial charge in [0.1, 0.15) is 5.82 Å². The van der Waals surface area contributed by atoms with E-state index in [9.17, 15) is 9.18 Å². The molecule has 6 heteroatoms. The molecule has 3 rings (SSSR count). The molecule has 0 bridgehead atoms. The highest BCUT2D eigenvalue weighted by molar-refractivity contribution is 5.75. The van der Waals surface area contributed by atoms with Crippen molar-refractivity contribution in [2.24, 2.45) is 0 Å². The number of nitrogens with zero attached hydrogens (tertiary/aromatic N) is 2. The number of urea groups is 1. The Morgan fingerprint density at radius 2 is 2.16 bits per heavy atom. The number of amides is 2. The van der Waals surface area contributed by atoms with Crippen LogP contribution in [0.3, 0.4) is 0 Å². The Kier molecular flexibility index (Phi) is 6.13. The van der Waals surface area contributed by atoms with Crippen molar-refractivity contribution in [3.8, 4) is 0 Å². The second-order valence-electron chi connectivity index (χ2n) is 7.07. The van der Waals surface area contributed by atoms with Crippen molar-refractivity contribution in [2.75, 3.05) is 31.1 Å². The SMILES string of the molecule is O=C(NC1CCCN(c2cccc(F)c2)C1)N(CCCCO)C1CC1. The molecule has 0 spiro atoms. The molecule has 2 N–H and O–H groups in total. The number of carbonyl (C=O) groups is 1.